The minimum Gasteiger partial charge on any atom is -0.480 e. The third-order valence-electron chi connectivity index (χ3n) is 2.92. The molecule has 0 fully saturated rings. The van der Waals surface area contributed by atoms with Crippen LogP contribution in [0.4, 0.5) is 0 Å². The predicted molar refractivity (Wildman–Crippen MR) is 97.2 cm³/mol. The van der Waals surface area contributed by atoms with Crippen molar-refractivity contribution in [2.24, 2.45) is 0 Å². The Kier molecular flexibility index (Phi) is 6.71. The van der Waals surface area contributed by atoms with Gasteiger partial charge < -0.3 is 14.8 Å². The van der Waals surface area contributed by atoms with Gasteiger partial charge in [0.25, 0.3) is 5.91 Å². The number of pyridine rings is 1. The van der Waals surface area contributed by atoms with E-state index in [0.29, 0.717) is 32.6 Å². The molecule has 1 heterocycles. The summed E-state index contributed by atoms with van der Waals surface area (Å²) in [6.45, 7) is 4.05. The lowest BCUT2D eigenvalue weighted by atomic mass is 10.3. The Hall–Kier alpha value is -1.50. The van der Waals surface area contributed by atoms with Gasteiger partial charge in [-0.1, -0.05) is 23.2 Å². The molecule has 0 radical (unpaired) electrons. The summed E-state index contributed by atoms with van der Waals surface area (Å²) in [7, 11) is 0. The summed E-state index contributed by atoms with van der Waals surface area (Å²) in [5, 5.41) is 3.42. The minimum absolute atomic E-state index is 0.196. The average Bonchev–Trinajstić information content (AvgIpc) is 2.53. The van der Waals surface area contributed by atoms with Crippen molar-refractivity contribution in [3.8, 4) is 17.4 Å². The standard InChI is InChI=1S/C16H15BrCl2N2O3/c1-3-20-15(22)9(2)23-14-7-11(4-5-12(14)17)24-16-13(19)6-10(18)8-21-16/h4-9H,3H2,1-2H3,(H,20,22). The van der Waals surface area contributed by atoms with Crippen molar-refractivity contribution in [2.45, 2.75) is 20.0 Å². The van der Waals surface area contributed by atoms with E-state index in [4.69, 9.17) is 32.7 Å². The summed E-state index contributed by atoms with van der Waals surface area (Å²) in [6.07, 6.45) is 0.796. The van der Waals surface area contributed by atoms with Crippen molar-refractivity contribution < 1.29 is 14.3 Å². The first-order chi connectivity index (χ1) is 11.4. The van der Waals surface area contributed by atoms with Crippen LogP contribution in [-0.2, 0) is 4.79 Å². The van der Waals surface area contributed by atoms with E-state index in [-0.39, 0.29) is 11.8 Å². The molecule has 0 saturated carbocycles. The highest BCUT2D eigenvalue weighted by Gasteiger charge is 2.16. The summed E-state index contributed by atoms with van der Waals surface area (Å²) in [5.41, 5.74) is 0. The van der Waals surface area contributed by atoms with Crippen LogP contribution in [-0.4, -0.2) is 23.5 Å². The number of carbonyl (C=O) groups excluding carboxylic acids is 1. The molecule has 24 heavy (non-hydrogen) atoms. The van der Waals surface area contributed by atoms with Crippen molar-refractivity contribution >= 4 is 45.0 Å². The molecule has 0 saturated heterocycles. The number of rotatable bonds is 6. The Labute approximate surface area is 158 Å². The molecule has 1 amide bonds. The highest BCUT2D eigenvalue weighted by Crippen LogP contribution is 2.34. The lowest BCUT2D eigenvalue weighted by Crippen LogP contribution is -2.36. The zero-order chi connectivity index (χ0) is 17.7. The number of likely N-dealkylation sites (N-methyl/N-ethyl adjacent to an activating group) is 1. The lowest BCUT2D eigenvalue weighted by Gasteiger charge is -2.16. The first-order valence-corrected chi connectivity index (χ1v) is 8.68. The van der Waals surface area contributed by atoms with Crippen molar-refractivity contribution in [3.05, 3.63) is 45.0 Å². The average molecular weight is 434 g/mol. The molecule has 2 rings (SSSR count). The summed E-state index contributed by atoms with van der Waals surface area (Å²) in [4.78, 5) is 15.8. The van der Waals surface area contributed by atoms with Crippen LogP contribution < -0.4 is 14.8 Å². The molecular formula is C16H15BrCl2N2O3. The SMILES string of the molecule is CCNC(=O)C(C)Oc1cc(Oc2ncc(Cl)cc2Cl)ccc1Br. The number of ether oxygens (including phenoxy) is 2. The topological polar surface area (TPSA) is 60.5 Å². The quantitative estimate of drug-likeness (QED) is 0.707. The maximum atomic E-state index is 11.8. The fraction of sp³-hybridized carbons (Fsp3) is 0.250. The Morgan fingerprint density at radius 2 is 2.12 bits per heavy atom. The van der Waals surface area contributed by atoms with Gasteiger partial charge in [-0.3, -0.25) is 4.79 Å². The molecule has 1 unspecified atom stereocenters. The number of hydrogen-bond donors (Lipinski definition) is 1. The molecule has 1 atom stereocenters. The van der Waals surface area contributed by atoms with Gasteiger partial charge in [0.2, 0.25) is 5.88 Å². The molecule has 0 aliphatic carbocycles. The van der Waals surface area contributed by atoms with Crippen LogP contribution in [0.15, 0.2) is 34.9 Å². The van der Waals surface area contributed by atoms with Crippen molar-refractivity contribution in [1.29, 1.82) is 0 Å². The molecule has 0 aliphatic rings. The molecule has 1 aromatic heterocycles. The monoisotopic (exact) mass is 432 g/mol. The summed E-state index contributed by atoms with van der Waals surface area (Å²) in [5.74, 6) is 0.966. The van der Waals surface area contributed by atoms with Gasteiger partial charge in [0.15, 0.2) is 6.10 Å². The van der Waals surface area contributed by atoms with Crippen LogP contribution in [0.2, 0.25) is 10.0 Å². The highest BCUT2D eigenvalue weighted by molar-refractivity contribution is 9.10. The van der Waals surface area contributed by atoms with E-state index in [9.17, 15) is 4.79 Å². The van der Waals surface area contributed by atoms with Gasteiger partial charge in [0.1, 0.15) is 16.5 Å². The molecule has 0 spiro atoms. The van der Waals surface area contributed by atoms with Gasteiger partial charge in [-0.05, 0) is 48.0 Å². The first kappa shape index (κ1) is 18.8. The van der Waals surface area contributed by atoms with E-state index in [1.54, 1.807) is 31.2 Å². The molecule has 2 aromatic rings. The van der Waals surface area contributed by atoms with E-state index in [0.717, 1.165) is 0 Å². The normalized spacial score (nSPS) is 11.7. The summed E-state index contributed by atoms with van der Waals surface area (Å²) < 4.78 is 12.0. The number of nitrogens with one attached hydrogen (secondary N) is 1. The summed E-state index contributed by atoms with van der Waals surface area (Å²) in [6, 6.07) is 6.66. The van der Waals surface area contributed by atoms with Gasteiger partial charge in [-0.2, -0.15) is 0 Å². The van der Waals surface area contributed by atoms with Gasteiger partial charge in [-0.15, -0.1) is 0 Å². The third kappa shape index (κ3) is 5.00. The number of nitrogens with zero attached hydrogens (tertiary/aromatic N) is 1. The van der Waals surface area contributed by atoms with E-state index in [1.165, 1.54) is 6.20 Å². The molecule has 8 heteroatoms. The predicted octanol–water partition coefficient (Wildman–Crippen LogP) is 4.85. The van der Waals surface area contributed by atoms with Gasteiger partial charge in [-0.25, -0.2) is 4.98 Å². The van der Waals surface area contributed by atoms with E-state index >= 15 is 0 Å². The second-order valence-corrected chi connectivity index (χ2v) is 6.49. The van der Waals surface area contributed by atoms with Crippen LogP contribution >= 0.6 is 39.1 Å². The van der Waals surface area contributed by atoms with E-state index in [1.807, 2.05) is 6.92 Å². The summed E-state index contributed by atoms with van der Waals surface area (Å²) >= 11 is 15.2. The minimum atomic E-state index is -0.645. The zero-order valence-corrected chi connectivity index (χ0v) is 16.1. The van der Waals surface area contributed by atoms with E-state index < -0.39 is 6.10 Å². The number of halogens is 3. The molecule has 1 N–H and O–H groups in total. The van der Waals surface area contributed by atoms with Gasteiger partial charge >= 0.3 is 0 Å². The zero-order valence-electron chi connectivity index (χ0n) is 13.0. The van der Waals surface area contributed by atoms with Gasteiger partial charge in [0.05, 0.1) is 9.50 Å². The molecular weight excluding hydrogens is 419 g/mol. The van der Waals surface area contributed by atoms with Crippen molar-refractivity contribution in [2.75, 3.05) is 6.54 Å². The number of hydrogen-bond acceptors (Lipinski definition) is 4. The lowest BCUT2D eigenvalue weighted by molar-refractivity contribution is -0.127. The van der Waals surface area contributed by atoms with Crippen molar-refractivity contribution in [1.82, 2.24) is 10.3 Å². The number of amides is 1. The number of carbonyl (C=O) groups is 1. The molecule has 0 aliphatic heterocycles. The van der Waals surface area contributed by atoms with Crippen LogP contribution in [0.3, 0.4) is 0 Å². The second kappa shape index (κ2) is 8.55. The Bertz CT molecular complexity index is 743. The first-order valence-electron chi connectivity index (χ1n) is 7.13. The number of aromatic nitrogens is 1. The Morgan fingerprint density at radius 1 is 1.38 bits per heavy atom. The fourth-order valence-corrected chi connectivity index (χ4v) is 2.55. The molecule has 1 aromatic carbocycles. The molecule has 0 bridgehead atoms. The third-order valence-corrected chi connectivity index (χ3v) is 4.05. The number of benzene rings is 1. The largest absolute Gasteiger partial charge is 0.480 e. The maximum absolute atomic E-state index is 11.8. The molecule has 5 nitrogen and oxygen atoms in total. The second-order valence-electron chi connectivity index (χ2n) is 4.79. The van der Waals surface area contributed by atoms with Gasteiger partial charge in [0, 0.05) is 18.8 Å². The van der Waals surface area contributed by atoms with Crippen LogP contribution in [0.1, 0.15) is 13.8 Å². The maximum Gasteiger partial charge on any atom is 0.260 e. The molecule has 128 valence electrons. The van der Waals surface area contributed by atoms with Crippen molar-refractivity contribution in [3.63, 3.8) is 0 Å². The van der Waals surface area contributed by atoms with Crippen LogP contribution in [0.5, 0.6) is 17.4 Å². The van der Waals surface area contributed by atoms with E-state index in [2.05, 4.69) is 26.2 Å². The van der Waals surface area contributed by atoms with Crippen LogP contribution in [0.25, 0.3) is 0 Å². The Balaban J connectivity index is 2.17. The fourth-order valence-electron chi connectivity index (χ4n) is 1.79. The smallest absolute Gasteiger partial charge is 0.260 e. The van der Waals surface area contributed by atoms with Crippen LogP contribution in [0, 0.1) is 0 Å². The Morgan fingerprint density at radius 3 is 2.79 bits per heavy atom. The highest BCUT2D eigenvalue weighted by atomic mass is 79.9.